The number of nitrogens with one attached hydrogen (secondary N) is 1. The number of hydrogen-bond acceptors (Lipinski definition) is 2. The van der Waals surface area contributed by atoms with E-state index in [1.807, 2.05) is 18.8 Å². The van der Waals surface area contributed by atoms with Crippen molar-refractivity contribution < 1.29 is 0 Å². The van der Waals surface area contributed by atoms with Crippen LogP contribution in [0.3, 0.4) is 0 Å². The summed E-state index contributed by atoms with van der Waals surface area (Å²) in [5, 5.41) is 7.71. The predicted octanol–water partition coefficient (Wildman–Crippen LogP) is 2.47. The molecule has 0 atom stereocenters. The van der Waals surface area contributed by atoms with Crippen molar-refractivity contribution in [3.8, 4) is 11.3 Å². The fourth-order valence-corrected chi connectivity index (χ4v) is 2.07. The van der Waals surface area contributed by atoms with Crippen LogP contribution >= 0.6 is 0 Å². The Balaban J connectivity index is 2.32. The standard InChI is InChI=1S/C15H21N3/c1-11-5-6-13(9-12(11)2)15-10-14(7-8-16-3)17-18(15)4/h5-6,9-10,16H,7-8H2,1-4H3. The van der Waals surface area contributed by atoms with Crippen molar-refractivity contribution in [2.75, 3.05) is 13.6 Å². The summed E-state index contributed by atoms with van der Waals surface area (Å²) >= 11 is 0. The molecule has 0 amide bonds. The Morgan fingerprint density at radius 3 is 2.61 bits per heavy atom. The van der Waals surface area contributed by atoms with Gasteiger partial charge in [-0.15, -0.1) is 0 Å². The Bertz CT molecular complexity index is 541. The summed E-state index contributed by atoms with van der Waals surface area (Å²) in [4.78, 5) is 0. The number of benzene rings is 1. The molecule has 1 N–H and O–H groups in total. The van der Waals surface area contributed by atoms with Crippen molar-refractivity contribution in [1.82, 2.24) is 15.1 Å². The van der Waals surface area contributed by atoms with Crippen LogP contribution in [0.15, 0.2) is 24.3 Å². The molecule has 0 aliphatic heterocycles. The number of likely N-dealkylation sites (N-methyl/N-ethyl adjacent to an activating group) is 1. The van der Waals surface area contributed by atoms with Crippen molar-refractivity contribution in [3.63, 3.8) is 0 Å². The van der Waals surface area contributed by atoms with E-state index in [1.165, 1.54) is 22.4 Å². The van der Waals surface area contributed by atoms with Gasteiger partial charge in [-0.05, 0) is 44.2 Å². The molecule has 1 aromatic heterocycles. The second-order valence-corrected chi connectivity index (χ2v) is 4.80. The molecule has 0 aliphatic rings. The van der Waals surface area contributed by atoms with E-state index >= 15 is 0 Å². The van der Waals surface area contributed by atoms with Crippen LogP contribution in [0, 0.1) is 13.8 Å². The van der Waals surface area contributed by atoms with Crippen LogP contribution in [0.1, 0.15) is 16.8 Å². The Labute approximate surface area is 109 Å². The highest BCUT2D eigenvalue weighted by atomic mass is 15.3. The average molecular weight is 243 g/mol. The topological polar surface area (TPSA) is 29.9 Å². The van der Waals surface area contributed by atoms with Gasteiger partial charge in [0.2, 0.25) is 0 Å². The lowest BCUT2D eigenvalue weighted by atomic mass is 10.0. The average Bonchev–Trinajstić information content (AvgIpc) is 2.71. The van der Waals surface area contributed by atoms with Gasteiger partial charge in [0.15, 0.2) is 0 Å². The van der Waals surface area contributed by atoms with E-state index in [1.54, 1.807) is 0 Å². The predicted molar refractivity (Wildman–Crippen MR) is 75.7 cm³/mol. The van der Waals surface area contributed by atoms with Crippen LogP contribution in [0.4, 0.5) is 0 Å². The van der Waals surface area contributed by atoms with Crippen LogP contribution in [0.5, 0.6) is 0 Å². The zero-order valence-electron chi connectivity index (χ0n) is 11.6. The van der Waals surface area contributed by atoms with Gasteiger partial charge < -0.3 is 5.32 Å². The zero-order valence-corrected chi connectivity index (χ0v) is 11.6. The van der Waals surface area contributed by atoms with E-state index in [2.05, 4.69) is 48.5 Å². The molecule has 0 aliphatic carbocycles. The van der Waals surface area contributed by atoms with E-state index in [0.717, 1.165) is 18.7 Å². The summed E-state index contributed by atoms with van der Waals surface area (Å²) in [6, 6.07) is 8.75. The first-order valence-corrected chi connectivity index (χ1v) is 6.37. The van der Waals surface area contributed by atoms with Gasteiger partial charge in [-0.1, -0.05) is 12.1 Å². The first kappa shape index (κ1) is 12.8. The van der Waals surface area contributed by atoms with Gasteiger partial charge in [-0.25, -0.2) is 0 Å². The van der Waals surface area contributed by atoms with Crippen LogP contribution in [0.25, 0.3) is 11.3 Å². The highest BCUT2D eigenvalue weighted by Gasteiger charge is 2.07. The molecule has 0 saturated heterocycles. The fraction of sp³-hybridized carbons (Fsp3) is 0.400. The molecule has 0 fully saturated rings. The van der Waals surface area contributed by atoms with Gasteiger partial charge in [-0.2, -0.15) is 5.10 Å². The molecule has 1 heterocycles. The molecule has 2 rings (SSSR count). The summed E-state index contributed by atoms with van der Waals surface area (Å²) in [6.07, 6.45) is 0.967. The molecule has 18 heavy (non-hydrogen) atoms. The van der Waals surface area contributed by atoms with Gasteiger partial charge in [0.1, 0.15) is 0 Å². The summed E-state index contributed by atoms with van der Waals surface area (Å²) in [6.45, 7) is 5.25. The van der Waals surface area contributed by atoms with Crippen LogP contribution < -0.4 is 5.32 Å². The van der Waals surface area contributed by atoms with Crippen molar-refractivity contribution in [2.24, 2.45) is 7.05 Å². The first-order chi connectivity index (χ1) is 8.61. The van der Waals surface area contributed by atoms with E-state index in [-0.39, 0.29) is 0 Å². The quantitative estimate of drug-likeness (QED) is 0.894. The Hall–Kier alpha value is -1.61. The fourth-order valence-electron chi connectivity index (χ4n) is 2.07. The molecule has 0 saturated carbocycles. The number of aryl methyl sites for hydroxylation is 3. The third kappa shape index (κ3) is 2.62. The Kier molecular flexibility index (Phi) is 3.82. The molecule has 96 valence electrons. The molecular formula is C15H21N3. The summed E-state index contributed by atoms with van der Waals surface area (Å²) in [5.74, 6) is 0. The van der Waals surface area contributed by atoms with Gasteiger partial charge in [-0.3, -0.25) is 4.68 Å². The molecule has 3 heteroatoms. The van der Waals surface area contributed by atoms with Crippen LogP contribution in [-0.2, 0) is 13.5 Å². The van der Waals surface area contributed by atoms with E-state index in [4.69, 9.17) is 0 Å². The molecule has 3 nitrogen and oxygen atoms in total. The minimum Gasteiger partial charge on any atom is -0.319 e. The van der Waals surface area contributed by atoms with Crippen molar-refractivity contribution in [2.45, 2.75) is 20.3 Å². The summed E-state index contributed by atoms with van der Waals surface area (Å²) < 4.78 is 1.97. The monoisotopic (exact) mass is 243 g/mol. The van der Waals surface area contributed by atoms with E-state index in [0.29, 0.717) is 0 Å². The van der Waals surface area contributed by atoms with Gasteiger partial charge in [0.05, 0.1) is 11.4 Å². The number of aromatic nitrogens is 2. The lowest BCUT2D eigenvalue weighted by Gasteiger charge is -2.05. The largest absolute Gasteiger partial charge is 0.319 e. The maximum Gasteiger partial charge on any atom is 0.0681 e. The van der Waals surface area contributed by atoms with Crippen molar-refractivity contribution >= 4 is 0 Å². The normalized spacial score (nSPS) is 10.9. The zero-order chi connectivity index (χ0) is 13.1. The van der Waals surface area contributed by atoms with Gasteiger partial charge >= 0.3 is 0 Å². The lowest BCUT2D eigenvalue weighted by Crippen LogP contribution is -2.10. The highest BCUT2D eigenvalue weighted by molar-refractivity contribution is 5.61. The minimum atomic E-state index is 0.962. The third-order valence-corrected chi connectivity index (χ3v) is 3.36. The highest BCUT2D eigenvalue weighted by Crippen LogP contribution is 2.22. The van der Waals surface area contributed by atoms with Crippen LogP contribution in [-0.4, -0.2) is 23.4 Å². The SMILES string of the molecule is CNCCc1cc(-c2ccc(C)c(C)c2)n(C)n1. The smallest absolute Gasteiger partial charge is 0.0681 e. The molecule has 1 aromatic carbocycles. The molecule has 2 aromatic rings. The van der Waals surface area contributed by atoms with Crippen LogP contribution in [0.2, 0.25) is 0 Å². The number of hydrogen-bond donors (Lipinski definition) is 1. The Morgan fingerprint density at radius 1 is 1.17 bits per heavy atom. The maximum atomic E-state index is 4.55. The van der Waals surface area contributed by atoms with Crippen molar-refractivity contribution in [1.29, 1.82) is 0 Å². The van der Waals surface area contributed by atoms with Crippen molar-refractivity contribution in [3.05, 3.63) is 41.1 Å². The van der Waals surface area contributed by atoms with Gasteiger partial charge in [0, 0.05) is 25.6 Å². The molecule has 0 unspecified atom stereocenters. The second kappa shape index (κ2) is 5.36. The molecule has 0 radical (unpaired) electrons. The van der Waals surface area contributed by atoms with Gasteiger partial charge in [0.25, 0.3) is 0 Å². The minimum absolute atomic E-state index is 0.962. The summed E-state index contributed by atoms with van der Waals surface area (Å²) in [7, 11) is 3.97. The number of nitrogens with zero attached hydrogens (tertiary/aromatic N) is 2. The second-order valence-electron chi connectivity index (χ2n) is 4.80. The third-order valence-electron chi connectivity index (χ3n) is 3.36. The Morgan fingerprint density at radius 2 is 1.94 bits per heavy atom. The molecule has 0 bridgehead atoms. The van der Waals surface area contributed by atoms with E-state index in [9.17, 15) is 0 Å². The lowest BCUT2D eigenvalue weighted by molar-refractivity contribution is 0.720. The first-order valence-electron chi connectivity index (χ1n) is 6.37. The maximum absolute atomic E-state index is 4.55. The summed E-state index contributed by atoms with van der Waals surface area (Å²) in [5.41, 5.74) is 6.22. The number of rotatable bonds is 4. The van der Waals surface area contributed by atoms with E-state index < -0.39 is 0 Å². The molecular weight excluding hydrogens is 222 g/mol. The molecule has 0 spiro atoms.